The fourth-order valence-corrected chi connectivity index (χ4v) is 7.21. The molecule has 1 aliphatic rings. The Kier molecular flexibility index (Phi) is 5.60. The lowest BCUT2D eigenvalue weighted by Crippen LogP contribution is -2.30. The first-order valence-electron chi connectivity index (χ1n) is 9.78. The summed E-state index contributed by atoms with van der Waals surface area (Å²) in [7, 11) is 0.385. The van der Waals surface area contributed by atoms with Crippen LogP contribution in [0, 0.1) is 0 Å². The third-order valence-electron chi connectivity index (χ3n) is 5.21. The van der Waals surface area contributed by atoms with E-state index in [0.29, 0.717) is 30.9 Å². The normalized spacial score (nSPS) is 14.0. The highest BCUT2D eigenvalue weighted by molar-refractivity contribution is 7.89. The van der Waals surface area contributed by atoms with Crippen LogP contribution in [0.4, 0.5) is 10.8 Å². The molecule has 160 valence electrons. The summed E-state index contributed by atoms with van der Waals surface area (Å²) in [6.07, 6.45) is 0.644. The van der Waals surface area contributed by atoms with Crippen molar-refractivity contribution >= 4 is 59.0 Å². The van der Waals surface area contributed by atoms with Crippen LogP contribution < -0.4 is 9.80 Å². The van der Waals surface area contributed by atoms with Gasteiger partial charge in [0, 0.05) is 39.4 Å². The highest BCUT2D eigenvalue weighted by Crippen LogP contribution is 2.37. The van der Waals surface area contributed by atoms with Gasteiger partial charge in [-0.2, -0.15) is 4.31 Å². The summed E-state index contributed by atoms with van der Waals surface area (Å²) in [5.41, 5.74) is 1.68. The molecule has 3 aromatic rings. The number of carbonyl (C=O) groups excluding carboxylic acids is 1. The zero-order chi connectivity index (χ0) is 21.6. The molecule has 1 aliphatic heterocycles. The fraction of sp³-hybridized carbons (Fsp3) is 0.400. The average molecular weight is 465 g/mol. The van der Waals surface area contributed by atoms with Crippen molar-refractivity contribution in [2.24, 2.45) is 0 Å². The number of hydrogen-bond donors (Lipinski definition) is 0. The average Bonchev–Trinajstić information content (AvgIpc) is 3.40. The number of sulfonamides is 1. The van der Waals surface area contributed by atoms with Crippen molar-refractivity contribution in [1.29, 1.82) is 0 Å². The summed E-state index contributed by atoms with van der Waals surface area (Å²) >= 11 is 2.97. The zero-order valence-corrected chi connectivity index (χ0v) is 19.8. The number of thiophene rings is 1. The van der Waals surface area contributed by atoms with E-state index in [1.807, 2.05) is 38.9 Å². The largest absolute Gasteiger partial charge is 0.354 e. The van der Waals surface area contributed by atoms with Crippen LogP contribution in [0.3, 0.4) is 0 Å². The van der Waals surface area contributed by atoms with Crippen LogP contribution >= 0.6 is 22.7 Å². The highest BCUT2D eigenvalue weighted by atomic mass is 32.2. The van der Waals surface area contributed by atoms with E-state index in [9.17, 15) is 13.2 Å². The van der Waals surface area contributed by atoms with Crippen LogP contribution in [0.25, 0.3) is 9.53 Å². The van der Waals surface area contributed by atoms with Crippen LogP contribution in [-0.4, -0.2) is 57.3 Å². The molecule has 0 saturated carbocycles. The molecular weight excluding hydrogens is 440 g/mol. The summed E-state index contributed by atoms with van der Waals surface area (Å²) < 4.78 is 28.1. The van der Waals surface area contributed by atoms with Crippen molar-refractivity contribution in [1.82, 2.24) is 9.29 Å². The minimum Gasteiger partial charge on any atom is -0.354 e. The minimum atomic E-state index is -3.51. The monoisotopic (exact) mass is 464 g/mol. The first-order chi connectivity index (χ1) is 14.3. The summed E-state index contributed by atoms with van der Waals surface area (Å²) in [6.45, 7) is 5.07. The molecule has 10 heteroatoms. The molecule has 0 fully saturated rings. The second kappa shape index (κ2) is 7.92. The Bertz CT molecular complexity index is 1180. The molecule has 0 aliphatic carbocycles. The van der Waals surface area contributed by atoms with Gasteiger partial charge in [-0.3, -0.25) is 4.79 Å². The van der Waals surface area contributed by atoms with Crippen molar-refractivity contribution in [3.8, 4) is 0 Å². The van der Waals surface area contributed by atoms with Crippen LogP contribution in [0.1, 0.15) is 29.1 Å². The van der Waals surface area contributed by atoms with E-state index in [-0.39, 0.29) is 10.8 Å². The predicted molar refractivity (Wildman–Crippen MR) is 124 cm³/mol. The zero-order valence-electron chi connectivity index (χ0n) is 17.4. The van der Waals surface area contributed by atoms with Gasteiger partial charge in [0.2, 0.25) is 10.0 Å². The van der Waals surface area contributed by atoms with Gasteiger partial charge in [0.1, 0.15) is 4.83 Å². The van der Waals surface area contributed by atoms with Crippen LogP contribution in [-0.2, 0) is 16.4 Å². The van der Waals surface area contributed by atoms with Gasteiger partial charge in [-0.15, -0.1) is 11.3 Å². The lowest BCUT2D eigenvalue weighted by Gasteiger charge is -2.20. The number of carbonyl (C=O) groups is 1. The van der Waals surface area contributed by atoms with Crippen molar-refractivity contribution < 1.29 is 13.2 Å². The summed E-state index contributed by atoms with van der Waals surface area (Å²) in [6, 6.07) is 6.99. The topological polar surface area (TPSA) is 73.8 Å². The van der Waals surface area contributed by atoms with Gasteiger partial charge in [-0.1, -0.05) is 25.2 Å². The summed E-state index contributed by atoms with van der Waals surface area (Å²) in [4.78, 5) is 23.2. The standard InChI is InChI=1S/C20H24N4O3S3/c1-5-23(6-2)30(26,27)14-7-8-15-13(11-14)9-10-24(15)19(25)17-12-16-18(28-17)21-20(29-16)22(3)4/h7-8,11-12H,5-6,9-10H2,1-4H3. The number of nitrogens with zero attached hydrogens (tertiary/aromatic N) is 4. The maximum absolute atomic E-state index is 13.2. The Morgan fingerprint density at radius 1 is 1.17 bits per heavy atom. The molecule has 3 heterocycles. The third kappa shape index (κ3) is 3.51. The number of benzene rings is 1. The second-order valence-electron chi connectivity index (χ2n) is 7.26. The molecule has 0 bridgehead atoms. The van der Waals surface area contributed by atoms with Gasteiger partial charge in [0.25, 0.3) is 5.91 Å². The van der Waals surface area contributed by atoms with E-state index in [1.165, 1.54) is 15.6 Å². The van der Waals surface area contributed by atoms with Crippen LogP contribution in [0.2, 0.25) is 0 Å². The number of aromatic nitrogens is 1. The van der Waals surface area contributed by atoms with Gasteiger partial charge in [0.05, 0.1) is 14.5 Å². The molecule has 0 N–H and O–H groups in total. The van der Waals surface area contributed by atoms with Gasteiger partial charge < -0.3 is 9.80 Å². The molecule has 0 atom stereocenters. The Balaban J connectivity index is 1.62. The molecule has 2 aromatic heterocycles. The van der Waals surface area contributed by atoms with Crippen LogP contribution in [0.5, 0.6) is 0 Å². The third-order valence-corrected chi connectivity index (χ3v) is 9.57. The molecular formula is C20H24N4O3S3. The van der Waals surface area contributed by atoms with Gasteiger partial charge in [-0.25, -0.2) is 13.4 Å². The smallest absolute Gasteiger partial charge is 0.268 e. The van der Waals surface area contributed by atoms with E-state index in [2.05, 4.69) is 4.98 Å². The fourth-order valence-electron chi connectivity index (χ4n) is 3.62. The molecule has 1 amide bonds. The molecule has 0 saturated heterocycles. The molecule has 1 aromatic carbocycles. The number of hydrogen-bond acceptors (Lipinski definition) is 7. The molecule has 7 nitrogen and oxygen atoms in total. The molecule has 4 rings (SSSR count). The lowest BCUT2D eigenvalue weighted by atomic mass is 10.2. The SMILES string of the molecule is CCN(CC)S(=O)(=O)c1ccc2c(c1)CCN2C(=O)c1cc2sc(N(C)C)nc2s1. The maximum Gasteiger partial charge on any atom is 0.268 e. The highest BCUT2D eigenvalue weighted by Gasteiger charge is 2.30. The Hall–Kier alpha value is -2.01. The van der Waals surface area contributed by atoms with E-state index < -0.39 is 10.0 Å². The minimum absolute atomic E-state index is 0.0605. The van der Waals surface area contributed by atoms with Gasteiger partial charge in [-0.05, 0) is 36.2 Å². The van der Waals surface area contributed by atoms with Gasteiger partial charge in [0.15, 0.2) is 5.13 Å². The second-order valence-corrected chi connectivity index (χ2v) is 11.2. The van der Waals surface area contributed by atoms with Crippen molar-refractivity contribution in [2.75, 3.05) is 43.5 Å². The Morgan fingerprint density at radius 3 is 2.53 bits per heavy atom. The maximum atomic E-state index is 13.2. The van der Waals surface area contributed by atoms with Gasteiger partial charge >= 0.3 is 0 Å². The van der Waals surface area contributed by atoms with E-state index in [4.69, 9.17) is 0 Å². The number of fused-ring (bicyclic) bond motifs is 2. The van der Waals surface area contributed by atoms with Crippen molar-refractivity contribution in [3.63, 3.8) is 0 Å². The van der Waals surface area contributed by atoms with Crippen LogP contribution in [0.15, 0.2) is 29.2 Å². The molecule has 0 radical (unpaired) electrons. The van der Waals surface area contributed by atoms with Crippen molar-refractivity contribution in [3.05, 3.63) is 34.7 Å². The number of amides is 1. The molecule has 0 unspecified atom stereocenters. The number of anilines is 2. The Morgan fingerprint density at radius 2 is 1.90 bits per heavy atom. The van der Waals surface area contributed by atoms with E-state index in [0.717, 1.165) is 25.9 Å². The summed E-state index contributed by atoms with van der Waals surface area (Å²) in [5, 5.41) is 0.920. The first-order valence-corrected chi connectivity index (χ1v) is 12.9. The first kappa shape index (κ1) is 21.2. The molecule has 0 spiro atoms. The van der Waals surface area contributed by atoms with E-state index in [1.54, 1.807) is 34.4 Å². The summed E-state index contributed by atoms with van der Waals surface area (Å²) in [5.74, 6) is -0.0605. The number of rotatable bonds is 6. The quantitative estimate of drug-likeness (QED) is 0.557. The van der Waals surface area contributed by atoms with E-state index >= 15 is 0 Å². The lowest BCUT2D eigenvalue weighted by molar-refractivity contribution is 0.0993. The predicted octanol–water partition coefficient (Wildman–Crippen LogP) is 3.66. The van der Waals surface area contributed by atoms with Crippen molar-refractivity contribution in [2.45, 2.75) is 25.2 Å². The Labute approximate surface area is 184 Å². The number of thiazole rings is 1. The molecule has 30 heavy (non-hydrogen) atoms.